The number of benzene rings is 1. The predicted octanol–water partition coefficient (Wildman–Crippen LogP) is 3.82. The van der Waals surface area contributed by atoms with Gasteiger partial charge in [0.2, 0.25) is 0 Å². The molecular formula is C18H14F2N2O5S2. The first-order valence-electron chi connectivity index (χ1n) is 8.10. The predicted molar refractivity (Wildman–Crippen MR) is 103 cm³/mol. The maximum absolute atomic E-state index is 12.4. The molecule has 7 nitrogen and oxygen atoms in total. The zero-order valence-corrected chi connectivity index (χ0v) is 16.6. The van der Waals surface area contributed by atoms with E-state index in [-0.39, 0.29) is 22.8 Å². The van der Waals surface area contributed by atoms with Crippen molar-refractivity contribution in [3.05, 3.63) is 41.5 Å². The highest BCUT2D eigenvalue weighted by molar-refractivity contribution is 8.00. The molecule has 0 bridgehead atoms. The molecule has 0 spiro atoms. The minimum Gasteiger partial charge on any atom is -0.493 e. The topological polar surface area (TPSA) is 87.6 Å². The number of alkyl halides is 2. The first-order chi connectivity index (χ1) is 14.0. The van der Waals surface area contributed by atoms with Crippen LogP contribution in [0.15, 0.2) is 41.0 Å². The van der Waals surface area contributed by atoms with E-state index in [1.807, 2.05) is 11.4 Å². The van der Waals surface area contributed by atoms with Crippen LogP contribution in [0.3, 0.4) is 0 Å². The largest absolute Gasteiger partial charge is 0.493 e. The maximum atomic E-state index is 12.4. The lowest BCUT2D eigenvalue weighted by Crippen LogP contribution is -2.16. The number of thioether (sulfide) groups is 1. The van der Waals surface area contributed by atoms with Gasteiger partial charge in [-0.25, -0.2) is 9.97 Å². The lowest BCUT2D eigenvalue weighted by molar-refractivity contribution is -0.139. The van der Waals surface area contributed by atoms with Crippen molar-refractivity contribution in [1.82, 2.24) is 9.97 Å². The Balaban J connectivity index is 1.54. The van der Waals surface area contributed by atoms with E-state index in [9.17, 15) is 18.4 Å². The Morgan fingerprint density at radius 3 is 2.79 bits per heavy atom. The molecule has 0 N–H and O–H groups in total. The number of nitrogens with zero attached hydrogens (tertiary/aromatic N) is 2. The van der Waals surface area contributed by atoms with Gasteiger partial charge in [0.25, 0.3) is 0 Å². The van der Waals surface area contributed by atoms with Gasteiger partial charge in [0.1, 0.15) is 16.2 Å². The first-order valence-corrected chi connectivity index (χ1v) is 9.97. The Labute approximate surface area is 172 Å². The molecule has 0 atom stereocenters. The number of rotatable bonds is 9. The van der Waals surface area contributed by atoms with Gasteiger partial charge in [0.15, 0.2) is 23.9 Å². The zero-order valence-electron chi connectivity index (χ0n) is 15.0. The molecule has 0 aliphatic carbocycles. The highest BCUT2D eigenvalue weighted by Gasteiger charge is 2.16. The molecule has 0 amide bonds. The number of aromatic nitrogens is 2. The molecule has 0 saturated carbocycles. The molecule has 152 valence electrons. The molecule has 0 unspecified atom stereocenters. The van der Waals surface area contributed by atoms with Gasteiger partial charge in [-0.3, -0.25) is 9.59 Å². The number of methoxy groups -OCH3 is 1. The Hall–Kier alpha value is -2.79. The van der Waals surface area contributed by atoms with Gasteiger partial charge in [-0.2, -0.15) is 8.78 Å². The SMILES string of the molecule is COc1cc(C(=O)COC(=O)CSc2ncnc3sccc23)ccc1OC(F)F. The van der Waals surface area contributed by atoms with E-state index in [0.717, 1.165) is 10.2 Å². The fourth-order valence-corrected chi connectivity index (χ4v) is 3.89. The summed E-state index contributed by atoms with van der Waals surface area (Å²) in [6.45, 7) is -3.51. The van der Waals surface area contributed by atoms with Crippen LogP contribution in [-0.2, 0) is 9.53 Å². The third kappa shape index (κ3) is 5.39. The van der Waals surface area contributed by atoms with Crippen LogP contribution < -0.4 is 9.47 Å². The monoisotopic (exact) mass is 440 g/mol. The lowest BCUT2D eigenvalue weighted by Gasteiger charge is -2.11. The molecule has 2 heterocycles. The van der Waals surface area contributed by atoms with E-state index in [1.165, 1.54) is 54.7 Å². The second-order valence-electron chi connectivity index (χ2n) is 5.43. The van der Waals surface area contributed by atoms with Gasteiger partial charge in [-0.15, -0.1) is 11.3 Å². The van der Waals surface area contributed by atoms with E-state index in [0.29, 0.717) is 5.03 Å². The van der Waals surface area contributed by atoms with Crippen molar-refractivity contribution in [2.24, 2.45) is 0 Å². The average Bonchev–Trinajstić information content (AvgIpc) is 3.19. The van der Waals surface area contributed by atoms with Crippen molar-refractivity contribution < 1.29 is 32.6 Å². The fraction of sp³-hybridized carbons (Fsp3) is 0.222. The molecule has 0 aliphatic rings. The summed E-state index contributed by atoms with van der Waals surface area (Å²) in [4.78, 5) is 33.3. The third-order valence-electron chi connectivity index (χ3n) is 3.62. The number of ketones is 1. The van der Waals surface area contributed by atoms with E-state index < -0.39 is 25.0 Å². The number of carbonyl (C=O) groups excluding carboxylic acids is 2. The van der Waals surface area contributed by atoms with Gasteiger partial charge in [0, 0.05) is 10.9 Å². The van der Waals surface area contributed by atoms with Crippen LogP contribution in [0.25, 0.3) is 10.2 Å². The van der Waals surface area contributed by atoms with Crippen LogP contribution in [-0.4, -0.2) is 47.8 Å². The second kappa shape index (κ2) is 9.61. The lowest BCUT2D eigenvalue weighted by atomic mass is 10.1. The third-order valence-corrected chi connectivity index (χ3v) is 5.42. The Morgan fingerprint density at radius 2 is 2.03 bits per heavy atom. The summed E-state index contributed by atoms with van der Waals surface area (Å²) in [5, 5.41) is 3.38. The first kappa shape index (κ1) is 20.9. The Kier molecular flexibility index (Phi) is 6.94. The Morgan fingerprint density at radius 1 is 1.21 bits per heavy atom. The van der Waals surface area contributed by atoms with Gasteiger partial charge in [-0.1, -0.05) is 11.8 Å². The van der Waals surface area contributed by atoms with E-state index in [4.69, 9.17) is 9.47 Å². The van der Waals surface area contributed by atoms with Gasteiger partial charge in [-0.05, 0) is 29.6 Å². The smallest absolute Gasteiger partial charge is 0.387 e. The van der Waals surface area contributed by atoms with Gasteiger partial charge >= 0.3 is 12.6 Å². The minimum atomic E-state index is -3.02. The number of thiophene rings is 1. The van der Waals surface area contributed by atoms with Crippen LogP contribution >= 0.6 is 23.1 Å². The number of Topliss-reactive ketones (excluding diaryl/α,β-unsaturated/α-hetero) is 1. The number of halogens is 2. The minimum absolute atomic E-state index is 0.0263. The Bertz CT molecular complexity index is 1030. The number of ether oxygens (including phenoxy) is 3. The second-order valence-corrected chi connectivity index (χ2v) is 7.29. The normalized spacial score (nSPS) is 10.9. The molecule has 0 saturated heterocycles. The molecule has 3 rings (SSSR count). The van der Waals surface area contributed by atoms with E-state index in [2.05, 4.69) is 14.7 Å². The summed E-state index contributed by atoms with van der Waals surface area (Å²) in [5.41, 5.74) is 0.139. The quantitative estimate of drug-likeness (QED) is 0.215. The molecule has 1 aromatic carbocycles. The van der Waals surface area contributed by atoms with Crippen LogP contribution in [0.1, 0.15) is 10.4 Å². The summed E-state index contributed by atoms with van der Waals surface area (Å²) >= 11 is 2.65. The summed E-state index contributed by atoms with van der Waals surface area (Å²) < 4.78 is 39.0. The standard InChI is InChI=1S/C18H14F2N2O5S2/c1-25-14-6-10(2-3-13(14)27-18(19)20)12(23)7-26-15(24)8-29-17-11-4-5-28-16(11)21-9-22-17/h2-6,9,18H,7-8H2,1H3. The van der Waals surface area contributed by atoms with Crippen LogP contribution in [0.2, 0.25) is 0 Å². The van der Waals surface area contributed by atoms with Crippen molar-refractivity contribution in [3.8, 4) is 11.5 Å². The van der Waals surface area contributed by atoms with E-state index in [1.54, 1.807) is 0 Å². The van der Waals surface area contributed by atoms with Gasteiger partial charge < -0.3 is 14.2 Å². The van der Waals surface area contributed by atoms with Crippen LogP contribution in [0, 0.1) is 0 Å². The highest BCUT2D eigenvalue weighted by atomic mass is 32.2. The molecule has 2 aromatic heterocycles. The molecule has 3 aromatic rings. The maximum Gasteiger partial charge on any atom is 0.387 e. The summed E-state index contributed by atoms with van der Waals surface area (Å²) in [6, 6.07) is 5.60. The van der Waals surface area contributed by atoms with Crippen molar-refractivity contribution in [2.45, 2.75) is 11.6 Å². The molecule has 0 aliphatic heterocycles. The van der Waals surface area contributed by atoms with Crippen molar-refractivity contribution >= 4 is 45.1 Å². The number of carbonyl (C=O) groups is 2. The molecular weight excluding hydrogens is 426 g/mol. The zero-order chi connectivity index (χ0) is 20.8. The van der Waals surface area contributed by atoms with Crippen molar-refractivity contribution in [2.75, 3.05) is 19.5 Å². The summed E-state index contributed by atoms with van der Waals surface area (Å²) in [5.74, 6) is -1.35. The summed E-state index contributed by atoms with van der Waals surface area (Å²) in [7, 11) is 1.26. The highest BCUT2D eigenvalue weighted by Crippen LogP contribution is 2.30. The number of hydrogen-bond donors (Lipinski definition) is 0. The van der Waals surface area contributed by atoms with Crippen molar-refractivity contribution in [3.63, 3.8) is 0 Å². The van der Waals surface area contributed by atoms with Crippen LogP contribution in [0.5, 0.6) is 11.5 Å². The average molecular weight is 440 g/mol. The van der Waals surface area contributed by atoms with Crippen LogP contribution in [0.4, 0.5) is 8.78 Å². The number of esters is 1. The summed E-state index contributed by atoms with van der Waals surface area (Å²) in [6.07, 6.45) is 1.42. The van der Waals surface area contributed by atoms with Gasteiger partial charge in [0.05, 0.1) is 12.9 Å². The van der Waals surface area contributed by atoms with Crippen molar-refractivity contribution in [1.29, 1.82) is 0 Å². The molecule has 0 radical (unpaired) electrons. The molecule has 0 fully saturated rings. The number of hydrogen-bond acceptors (Lipinski definition) is 9. The molecule has 29 heavy (non-hydrogen) atoms. The van der Waals surface area contributed by atoms with E-state index >= 15 is 0 Å². The molecule has 11 heteroatoms. The number of fused-ring (bicyclic) bond motifs is 1. The fourth-order valence-electron chi connectivity index (χ4n) is 2.32.